The summed E-state index contributed by atoms with van der Waals surface area (Å²) in [7, 11) is 1.73. The minimum atomic E-state index is 0.248. The van der Waals surface area contributed by atoms with Gasteiger partial charge in [0.15, 0.2) is 0 Å². The van der Waals surface area contributed by atoms with Crippen molar-refractivity contribution < 1.29 is 4.74 Å². The van der Waals surface area contributed by atoms with E-state index >= 15 is 0 Å². The van der Waals surface area contributed by atoms with Gasteiger partial charge in [-0.3, -0.25) is 4.90 Å². The molecular formula is C17H28N2O. The normalized spacial score (nSPS) is 24.6. The number of rotatable bonds is 5. The molecule has 0 bridgehead atoms. The molecule has 2 unspecified atom stereocenters. The Labute approximate surface area is 123 Å². The first-order valence-electron chi connectivity index (χ1n) is 7.83. The summed E-state index contributed by atoms with van der Waals surface area (Å²) in [5.74, 6) is 0. The van der Waals surface area contributed by atoms with Gasteiger partial charge in [0.05, 0.1) is 6.61 Å². The molecule has 0 amide bonds. The van der Waals surface area contributed by atoms with Crippen molar-refractivity contribution in [2.45, 2.75) is 51.3 Å². The highest BCUT2D eigenvalue weighted by molar-refractivity contribution is 5.26. The van der Waals surface area contributed by atoms with Crippen molar-refractivity contribution >= 4 is 0 Å². The molecule has 20 heavy (non-hydrogen) atoms. The third kappa shape index (κ3) is 3.81. The zero-order chi connectivity index (χ0) is 14.4. The van der Waals surface area contributed by atoms with Crippen LogP contribution in [0.25, 0.3) is 0 Å². The topological polar surface area (TPSA) is 38.5 Å². The smallest absolute Gasteiger partial charge is 0.0713 e. The van der Waals surface area contributed by atoms with Gasteiger partial charge in [0.25, 0.3) is 0 Å². The minimum absolute atomic E-state index is 0.248. The second-order valence-electron chi connectivity index (χ2n) is 5.82. The van der Waals surface area contributed by atoms with Crippen LogP contribution in [0.4, 0.5) is 0 Å². The van der Waals surface area contributed by atoms with E-state index in [2.05, 4.69) is 36.1 Å². The molecular weight excluding hydrogens is 248 g/mol. The van der Waals surface area contributed by atoms with Crippen LogP contribution in [0.3, 0.4) is 0 Å². The fraction of sp³-hybridized carbons (Fsp3) is 0.647. The van der Waals surface area contributed by atoms with Crippen molar-refractivity contribution in [3.05, 3.63) is 35.4 Å². The third-order valence-corrected chi connectivity index (χ3v) is 4.17. The van der Waals surface area contributed by atoms with E-state index in [-0.39, 0.29) is 6.04 Å². The summed E-state index contributed by atoms with van der Waals surface area (Å²) in [5, 5.41) is 0. The number of hydrogen-bond donors (Lipinski definition) is 1. The third-order valence-electron chi connectivity index (χ3n) is 4.17. The van der Waals surface area contributed by atoms with Crippen molar-refractivity contribution in [1.29, 1.82) is 0 Å². The van der Waals surface area contributed by atoms with Crippen molar-refractivity contribution in [1.82, 2.24) is 4.90 Å². The number of benzene rings is 1. The zero-order valence-corrected chi connectivity index (χ0v) is 12.8. The highest BCUT2D eigenvalue weighted by Crippen LogP contribution is 2.29. The van der Waals surface area contributed by atoms with Crippen molar-refractivity contribution in [2.75, 3.05) is 20.2 Å². The number of nitrogens with two attached hydrogens (primary N) is 1. The maximum atomic E-state index is 6.46. The van der Waals surface area contributed by atoms with Crippen LogP contribution >= 0.6 is 0 Å². The summed E-state index contributed by atoms with van der Waals surface area (Å²) in [6, 6.07) is 9.41. The molecule has 0 aliphatic carbocycles. The van der Waals surface area contributed by atoms with E-state index in [0.717, 1.165) is 13.0 Å². The Morgan fingerprint density at radius 3 is 2.65 bits per heavy atom. The van der Waals surface area contributed by atoms with Crippen molar-refractivity contribution in [3.8, 4) is 0 Å². The molecule has 2 rings (SSSR count). The molecule has 3 heteroatoms. The van der Waals surface area contributed by atoms with E-state index in [1.165, 1.54) is 36.9 Å². The van der Waals surface area contributed by atoms with Crippen LogP contribution in [0, 0.1) is 0 Å². The Hall–Kier alpha value is -0.900. The van der Waals surface area contributed by atoms with E-state index in [9.17, 15) is 0 Å². The summed E-state index contributed by atoms with van der Waals surface area (Å²) in [4.78, 5) is 2.57. The number of likely N-dealkylation sites (tertiary alicyclic amines) is 1. The predicted octanol–water partition coefficient (Wildman–Crippen LogP) is 3.10. The average molecular weight is 276 g/mol. The summed E-state index contributed by atoms with van der Waals surface area (Å²) in [5.41, 5.74) is 9.04. The molecule has 0 saturated carbocycles. The summed E-state index contributed by atoms with van der Waals surface area (Å²) >= 11 is 0. The van der Waals surface area contributed by atoms with E-state index in [0.29, 0.717) is 12.6 Å². The van der Waals surface area contributed by atoms with Gasteiger partial charge >= 0.3 is 0 Å². The lowest BCUT2D eigenvalue weighted by Crippen LogP contribution is -2.40. The summed E-state index contributed by atoms with van der Waals surface area (Å²) in [6.45, 7) is 5.23. The Bertz CT molecular complexity index is 390. The van der Waals surface area contributed by atoms with E-state index < -0.39 is 0 Å². The van der Waals surface area contributed by atoms with Crippen LogP contribution in [0.2, 0.25) is 0 Å². The molecule has 1 aromatic rings. The molecule has 1 saturated heterocycles. The minimum Gasteiger partial charge on any atom is -0.380 e. The fourth-order valence-electron chi connectivity index (χ4n) is 3.24. The maximum Gasteiger partial charge on any atom is 0.0713 e. The van der Waals surface area contributed by atoms with E-state index in [4.69, 9.17) is 10.5 Å². The molecule has 3 nitrogen and oxygen atoms in total. The van der Waals surface area contributed by atoms with Gasteiger partial charge in [-0.05, 0) is 43.5 Å². The second kappa shape index (κ2) is 7.77. The standard InChI is InChI=1S/C17H28N2O/c1-3-11-19-12-5-4-6-16(18)17(19)15-9-7-14(8-10-15)13-20-2/h7-10,16-17H,3-6,11-13,18H2,1-2H3. The van der Waals surface area contributed by atoms with Crippen molar-refractivity contribution in [2.24, 2.45) is 5.73 Å². The van der Waals surface area contributed by atoms with Gasteiger partial charge in [-0.25, -0.2) is 0 Å². The molecule has 2 atom stereocenters. The molecule has 112 valence electrons. The highest BCUT2D eigenvalue weighted by Gasteiger charge is 2.28. The van der Waals surface area contributed by atoms with Crippen LogP contribution in [0.15, 0.2) is 24.3 Å². The predicted molar refractivity (Wildman–Crippen MR) is 83.6 cm³/mol. The van der Waals surface area contributed by atoms with Crippen LogP contribution in [-0.4, -0.2) is 31.1 Å². The van der Waals surface area contributed by atoms with Crippen LogP contribution in [0.1, 0.15) is 49.8 Å². The molecule has 1 aliphatic heterocycles. The van der Waals surface area contributed by atoms with Crippen LogP contribution in [0.5, 0.6) is 0 Å². The molecule has 1 aromatic carbocycles. The monoisotopic (exact) mass is 276 g/mol. The Kier molecular flexibility index (Phi) is 6.02. The summed E-state index contributed by atoms with van der Waals surface area (Å²) in [6.07, 6.45) is 4.83. The van der Waals surface area contributed by atoms with Crippen LogP contribution < -0.4 is 5.73 Å². The van der Waals surface area contributed by atoms with Gasteiger partial charge in [-0.1, -0.05) is 37.6 Å². The summed E-state index contributed by atoms with van der Waals surface area (Å²) < 4.78 is 5.18. The first-order chi connectivity index (χ1) is 9.76. The first-order valence-corrected chi connectivity index (χ1v) is 7.83. The lowest BCUT2D eigenvalue weighted by atomic mass is 9.95. The Balaban J connectivity index is 2.19. The molecule has 2 N–H and O–H groups in total. The quantitative estimate of drug-likeness (QED) is 0.898. The van der Waals surface area contributed by atoms with Gasteiger partial charge in [-0.2, -0.15) is 0 Å². The number of ether oxygens (including phenoxy) is 1. The fourth-order valence-corrected chi connectivity index (χ4v) is 3.24. The Morgan fingerprint density at radius 1 is 1.25 bits per heavy atom. The number of nitrogens with zero attached hydrogens (tertiary/aromatic N) is 1. The zero-order valence-electron chi connectivity index (χ0n) is 12.8. The first kappa shape index (κ1) is 15.5. The van der Waals surface area contributed by atoms with E-state index in [1.807, 2.05) is 0 Å². The largest absolute Gasteiger partial charge is 0.380 e. The maximum absolute atomic E-state index is 6.46. The van der Waals surface area contributed by atoms with Gasteiger partial charge in [-0.15, -0.1) is 0 Å². The highest BCUT2D eigenvalue weighted by atomic mass is 16.5. The van der Waals surface area contributed by atoms with Gasteiger partial charge in [0.1, 0.15) is 0 Å². The SMILES string of the molecule is CCCN1CCCCC(N)C1c1ccc(COC)cc1. The van der Waals surface area contributed by atoms with Crippen molar-refractivity contribution in [3.63, 3.8) is 0 Å². The molecule has 1 heterocycles. The average Bonchev–Trinajstić information content (AvgIpc) is 2.63. The lowest BCUT2D eigenvalue weighted by molar-refractivity contribution is 0.182. The van der Waals surface area contributed by atoms with Gasteiger partial charge in [0, 0.05) is 19.2 Å². The molecule has 0 spiro atoms. The molecule has 1 aliphatic rings. The molecule has 0 radical (unpaired) electrons. The van der Waals surface area contributed by atoms with E-state index in [1.54, 1.807) is 7.11 Å². The second-order valence-corrected chi connectivity index (χ2v) is 5.82. The number of hydrogen-bond acceptors (Lipinski definition) is 3. The van der Waals surface area contributed by atoms with Crippen LogP contribution in [-0.2, 0) is 11.3 Å². The van der Waals surface area contributed by atoms with Gasteiger partial charge < -0.3 is 10.5 Å². The molecule has 1 fully saturated rings. The van der Waals surface area contributed by atoms with Gasteiger partial charge in [0.2, 0.25) is 0 Å². The Morgan fingerprint density at radius 2 is 2.00 bits per heavy atom. The lowest BCUT2D eigenvalue weighted by Gasteiger charge is -2.33. The number of methoxy groups -OCH3 is 1. The molecule has 0 aromatic heterocycles.